The van der Waals surface area contributed by atoms with Crippen molar-refractivity contribution in [1.82, 2.24) is 0 Å². The Labute approximate surface area is 93.3 Å². The number of ether oxygens (including phenoxy) is 2. The highest BCUT2D eigenvalue weighted by Gasteiger charge is 2.32. The number of rotatable bonds is 5. The van der Waals surface area contributed by atoms with Crippen LogP contribution in [0.25, 0.3) is 0 Å². The van der Waals surface area contributed by atoms with E-state index >= 15 is 0 Å². The molecule has 1 aromatic rings. The van der Waals surface area contributed by atoms with Crippen molar-refractivity contribution in [2.45, 2.75) is 19.8 Å². The monoisotopic (exact) mass is 226 g/mol. The molecule has 5 nitrogen and oxygen atoms in total. The van der Waals surface area contributed by atoms with E-state index in [9.17, 15) is 9.59 Å². The molecule has 0 fully saturated rings. The maximum absolute atomic E-state index is 11.6. The van der Waals surface area contributed by atoms with Crippen LogP contribution in [0.5, 0.6) is 0 Å². The maximum Gasteiger partial charge on any atom is 0.325 e. The summed E-state index contributed by atoms with van der Waals surface area (Å²) in [5, 5.41) is 0. The van der Waals surface area contributed by atoms with Crippen molar-refractivity contribution in [3.8, 4) is 0 Å². The summed E-state index contributed by atoms with van der Waals surface area (Å²) >= 11 is 0. The third kappa shape index (κ3) is 2.85. The number of hydrogen-bond acceptors (Lipinski definition) is 5. The van der Waals surface area contributed by atoms with Crippen LogP contribution in [0.1, 0.15) is 25.3 Å². The molecule has 88 valence electrons. The summed E-state index contributed by atoms with van der Waals surface area (Å²) < 4.78 is 14.5. The Balaban J connectivity index is 2.85. The molecule has 0 aliphatic rings. The predicted octanol–water partition coefficient (Wildman–Crippen LogP) is 1.49. The molecule has 0 amide bonds. The van der Waals surface area contributed by atoms with E-state index in [1.165, 1.54) is 12.5 Å². The fraction of sp³-hybridized carbons (Fsp3) is 0.455. The van der Waals surface area contributed by atoms with Crippen LogP contribution in [0.15, 0.2) is 23.0 Å². The minimum Gasteiger partial charge on any atom is -0.472 e. The van der Waals surface area contributed by atoms with Crippen LogP contribution in [0.4, 0.5) is 0 Å². The van der Waals surface area contributed by atoms with Gasteiger partial charge in [-0.2, -0.15) is 0 Å². The zero-order valence-electron chi connectivity index (χ0n) is 9.26. The van der Waals surface area contributed by atoms with Gasteiger partial charge in [0.1, 0.15) is 0 Å². The van der Waals surface area contributed by atoms with Crippen LogP contribution < -0.4 is 0 Å². The molecular weight excluding hydrogens is 212 g/mol. The van der Waals surface area contributed by atoms with Crippen LogP contribution in [-0.4, -0.2) is 25.2 Å². The van der Waals surface area contributed by atoms with Gasteiger partial charge in [-0.25, -0.2) is 0 Å². The molecule has 0 bridgehead atoms. The van der Waals surface area contributed by atoms with Crippen molar-refractivity contribution in [3.63, 3.8) is 0 Å². The van der Waals surface area contributed by atoms with Gasteiger partial charge in [-0.1, -0.05) is 0 Å². The Morgan fingerprint density at radius 3 is 2.19 bits per heavy atom. The molecule has 1 heterocycles. The van der Waals surface area contributed by atoms with Crippen molar-refractivity contribution in [2.75, 3.05) is 13.2 Å². The zero-order chi connectivity index (χ0) is 12.0. The normalized spacial score (nSPS) is 10.2. The fourth-order valence-electron chi connectivity index (χ4n) is 1.26. The van der Waals surface area contributed by atoms with Crippen LogP contribution >= 0.6 is 0 Å². The van der Waals surface area contributed by atoms with Crippen molar-refractivity contribution in [2.24, 2.45) is 0 Å². The smallest absolute Gasteiger partial charge is 0.325 e. The topological polar surface area (TPSA) is 65.7 Å². The molecule has 16 heavy (non-hydrogen) atoms. The van der Waals surface area contributed by atoms with Crippen LogP contribution in [0.2, 0.25) is 0 Å². The Bertz CT molecular complexity index is 323. The lowest BCUT2D eigenvalue weighted by Crippen LogP contribution is -2.25. The molecule has 0 aliphatic heterocycles. The van der Waals surface area contributed by atoms with E-state index in [2.05, 4.69) is 0 Å². The van der Waals surface area contributed by atoms with Gasteiger partial charge < -0.3 is 13.9 Å². The summed E-state index contributed by atoms with van der Waals surface area (Å²) in [6.07, 6.45) is 2.72. The van der Waals surface area contributed by atoms with Crippen LogP contribution in [0, 0.1) is 0 Å². The maximum atomic E-state index is 11.6. The third-order valence-corrected chi connectivity index (χ3v) is 1.92. The Kier molecular flexibility index (Phi) is 4.57. The summed E-state index contributed by atoms with van der Waals surface area (Å²) in [6.45, 7) is 3.78. The second kappa shape index (κ2) is 5.95. The average molecular weight is 226 g/mol. The second-order valence-electron chi connectivity index (χ2n) is 2.99. The average Bonchev–Trinajstić information content (AvgIpc) is 2.72. The van der Waals surface area contributed by atoms with Crippen LogP contribution in [0.3, 0.4) is 0 Å². The summed E-state index contributed by atoms with van der Waals surface area (Å²) in [4.78, 5) is 23.2. The lowest BCUT2D eigenvalue weighted by Gasteiger charge is -2.12. The quantitative estimate of drug-likeness (QED) is 0.562. The van der Waals surface area contributed by atoms with Crippen molar-refractivity contribution >= 4 is 11.9 Å². The molecule has 0 saturated carbocycles. The van der Waals surface area contributed by atoms with Gasteiger partial charge >= 0.3 is 11.9 Å². The molecule has 0 aromatic carbocycles. The Hall–Kier alpha value is -1.78. The van der Waals surface area contributed by atoms with Gasteiger partial charge in [-0.05, 0) is 19.9 Å². The summed E-state index contributed by atoms with van der Waals surface area (Å²) in [5.41, 5.74) is 0.442. The van der Waals surface area contributed by atoms with E-state index in [0.29, 0.717) is 5.56 Å². The van der Waals surface area contributed by atoms with Gasteiger partial charge in [-0.3, -0.25) is 9.59 Å². The first-order valence-corrected chi connectivity index (χ1v) is 5.06. The minimum atomic E-state index is -1.06. The summed E-state index contributed by atoms with van der Waals surface area (Å²) in [7, 11) is 0. The van der Waals surface area contributed by atoms with E-state index in [0.717, 1.165) is 0 Å². The third-order valence-electron chi connectivity index (χ3n) is 1.92. The van der Waals surface area contributed by atoms with Crippen LogP contribution in [-0.2, 0) is 19.1 Å². The van der Waals surface area contributed by atoms with Crippen molar-refractivity contribution in [1.29, 1.82) is 0 Å². The fourth-order valence-corrected chi connectivity index (χ4v) is 1.26. The molecule has 0 aliphatic carbocycles. The lowest BCUT2D eigenvalue weighted by atomic mass is 10.0. The molecule has 0 radical (unpaired) electrons. The van der Waals surface area contributed by atoms with Gasteiger partial charge in [0.05, 0.1) is 25.7 Å². The molecule has 0 N–H and O–H groups in total. The first-order valence-electron chi connectivity index (χ1n) is 5.06. The number of esters is 2. The van der Waals surface area contributed by atoms with E-state index in [-0.39, 0.29) is 13.2 Å². The molecule has 1 rings (SSSR count). The first-order chi connectivity index (χ1) is 7.70. The predicted molar refractivity (Wildman–Crippen MR) is 54.7 cm³/mol. The van der Waals surface area contributed by atoms with Gasteiger partial charge in [-0.15, -0.1) is 0 Å². The standard InChI is InChI=1S/C11H14O5/c1-3-15-10(12)9(11(13)16-4-2)8-5-6-14-7-8/h5-7,9H,3-4H2,1-2H3. The minimum absolute atomic E-state index is 0.215. The van der Waals surface area contributed by atoms with Crippen molar-refractivity contribution < 1.29 is 23.5 Å². The molecule has 0 saturated heterocycles. The molecule has 0 unspecified atom stereocenters. The molecule has 1 aromatic heterocycles. The number of carbonyl (C=O) groups excluding carboxylic acids is 2. The molecule has 5 heteroatoms. The highest BCUT2D eigenvalue weighted by atomic mass is 16.6. The Morgan fingerprint density at radius 2 is 1.81 bits per heavy atom. The summed E-state index contributed by atoms with van der Waals surface area (Å²) in [5.74, 6) is -2.30. The van der Waals surface area contributed by atoms with E-state index in [4.69, 9.17) is 13.9 Å². The lowest BCUT2D eigenvalue weighted by molar-refractivity contribution is -0.156. The van der Waals surface area contributed by atoms with E-state index < -0.39 is 17.9 Å². The van der Waals surface area contributed by atoms with Gasteiger partial charge in [0, 0.05) is 5.56 Å². The first kappa shape index (κ1) is 12.3. The van der Waals surface area contributed by atoms with Gasteiger partial charge in [0.2, 0.25) is 0 Å². The molecule has 0 atom stereocenters. The highest BCUT2D eigenvalue weighted by molar-refractivity contribution is 6.00. The largest absolute Gasteiger partial charge is 0.472 e. The highest BCUT2D eigenvalue weighted by Crippen LogP contribution is 2.19. The van der Waals surface area contributed by atoms with Gasteiger partial charge in [0.25, 0.3) is 0 Å². The second-order valence-corrected chi connectivity index (χ2v) is 2.99. The van der Waals surface area contributed by atoms with E-state index in [1.807, 2.05) is 0 Å². The Morgan fingerprint density at radius 1 is 1.25 bits per heavy atom. The van der Waals surface area contributed by atoms with Gasteiger partial charge in [0.15, 0.2) is 5.92 Å². The van der Waals surface area contributed by atoms with Crippen molar-refractivity contribution in [3.05, 3.63) is 24.2 Å². The number of hydrogen-bond donors (Lipinski definition) is 0. The molecule has 0 spiro atoms. The van der Waals surface area contributed by atoms with E-state index in [1.54, 1.807) is 19.9 Å². The summed E-state index contributed by atoms with van der Waals surface area (Å²) in [6, 6.07) is 1.54. The number of carbonyl (C=O) groups is 2. The molecular formula is C11H14O5. The SMILES string of the molecule is CCOC(=O)C(C(=O)OCC)c1ccoc1. The zero-order valence-corrected chi connectivity index (χ0v) is 9.26. The number of furan rings is 1.